The topological polar surface area (TPSA) is 108 Å². The molecule has 4 rings (SSSR count). The maximum Gasteiger partial charge on any atom is 0.437 e. The number of carboxylic acid groups (broad SMARTS) is 1. The fraction of sp³-hybridized carbons (Fsp3) is 0.200. The zero-order chi connectivity index (χ0) is 27.6. The Kier molecular flexibility index (Phi) is 7.79. The van der Waals surface area contributed by atoms with E-state index in [-0.39, 0.29) is 29.7 Å². The predicted octanol–water partition coefficient (Wildman–Crippen LogP) is 7.65. The lowest BCUT2D eigenvalue weighted by Crippen LogP contribution is -2.12. The van der Waals surface area contributed by atoms with Crippen LogP contribution in [-0.4, -0.2) is 26.2 Å². The van der Waals surface area contributed by atoms with Crippen LogP contribution < -0.4 is 9.47 Å². The fourth-order valence-electron chi connectivity index (χ4n) is 3.49. The van der Waals surface area contributed by atoms with Crippen molar-refractivity contribution in [2.24, 2.45) is 0 Å². The zero-order valence-corrected chi connectivity index (χ0v) is 21.2. The summed E-state index contributed by atoms with van der Waals surface area (Å²) in [6.07, 6.45) is -2.80. The van der Waals surface area contributed by atoms with Gasteiger partial charge in [0, 0.05) is 23.7 Å². The molecule has 4 aromatic rings. The van der Waals surface area contributed by atoms with E-state index < -0.39 is 23.6 Å². The van der Waals surface area contributed by atoms with Crippen LogP contribution in [0.3, 0.4) is 0 Å². The van der Waals surface area contributed by atoms with Crippen LogP contribution in [0.2, 0.25) is 10.0 Å². The second-order valence-corrected chi connectivity index (χ2v) is 9.04. The molecular formula is C25H18Cl2F3N3O5. The quantitative estimate of drug-likeness (QED) is 0.231. The van der Waals surface area contributed by atoms with Crippen molar-refractivity contribution in [3.05, 3.63) is 81.4 Å². The molecule has 0 radical (unpaired) electrons. The maximum atomic E-state index is 13.8. The molecule has 198 valence electrons. The molecule has 0 saturated carbocycles. The average Bonchev–Trinajstić information content (AvgIpc) is 3.26. The van der Waals surface area contributed by atoms with E-state index in [1.54, 1.807) is 18.2 Å². The van der Waals surface area contributed by atoms with E-state index in [1.807, 2.05) is 13.8 Å². The van der Waals surface area contributed by atoms with Gasteiger partial charge in [0.25, 0.3) is 0 Å². The highest BCUT2D eigenvalue weighted by Gasteiger charge is 2.37. The molecule has 8 nitrogen and oxygen atoms in total. The van der Waals surface area contributed by atoms with Gasteiger partial charge in [-0.3, -0.25) is 4.98 Å². The van der Waals surface area contributed by atoms with Crippen molar-refractivity contribution in [3.63, 3.8) is 0 Å². The number of benzene rings is 1. The Labute approximate surface area is 223 Å². The van der Waals surface area contributed by atoms with Gasteiger partial charge in [0.05, 0.1) is 27.4 Å². The molecule has 0 aliphatic heterocycles. The fourth-order valence-corrected chi connectivity index (χ4v) is 4.07. The minimum atomic E-state index is -4.91. The van der Waals surface area contributed by atoms with Crippen molar-refractivity contribution >= 4 is 29.2 Å². The van der Waals surface area contributed by atoms with Crippen LogP contribution in [0.1, 0.15) is 47.1 Å². The summed E-state index contributed by atoms with van der Waals surface area (Å²) in [7, 11) is 0. The van der Waals surface area contributed by atoms with E-state index in [4.69, 9.17) is 42.3 Å². The van der Waals surface area contributed by atoms with Gasteiger partial charge in [-0.2, -0.15) is 13.2 Å². The van der Waals surface area contributed by atoms with Gasteiger partial charge in [0.15, 0.2) is 11.4 Å². The lowest BCUT2D eigenvalue weighted by molar-refractivity contribution is -0.142. The van der Waals surface area contributed by atoms with Gasteiger partial charge >= 0.3 is 12.1 Å². The van der Waals surface area contributed by atoms with Crippen LogP contribution >= 0.6 is 23.2 Å². The highest BCUT2D eigenvalue weighted by atomic mass is 35.5. The maximum absolute atomic E-state index is 13.8. The second kappa shape index (κ2) is 10.9. The number of aromatic carboxylic acids is 1. The largest absolute Gasteiger partial charge is 0.478 e. The zero-order valence-electron chi connectivity index (χ0n) is 19.7. The van der Waals surface area contributed by atoms with E-state index >= 15 is 0 Å². The summed E-state index contributed by atoms with van der Waals surface area (Å²) in [4.78, 5) is 18.4. The van der Waals surface area contributed by atoms with Crippen LogP contribution in [0.5, 0.6) is 17.4 Å². The van der Waals surface area contributed by atoms with Crippen molar-refractivity contribution in [3.8, 4) is 28.6 Å². The Morgan fingerprint density at radius 1 is 1.13 bits per heavy atom. The molecule has 0 fully saturated rings. The highest BCUT2D eigenvalue weighted by molar-refractivity contribution is 6.39. The van der Waals surface area contributed by atoms with Crippen LogP contribution in [0, 0.1) is 0 Å². The molecule has 1 aromatic carbocycles. The van der Waals surface area contributed by atoms with Crippen LogP contribution in [0.15, 0.2) is 53.3 Å². The number of carbonyl (C=O) groups is 1. The molecule has 0 atom stereocenters. The summed E-state index contributed by atoms with van der Waals surface area (Å²) in [5.74, 6) is -2.23. The molecule has 38 heavy (non-hydrogen) atoms. The molecule has 0 bridgehead atoms. The van der Waals surface area contributed by atoms with E-state index in [1.165, 1.54) is 6.07 Å². The van der Waals surface area contributed by atoms with Gasteiger partial charge in [-0.25, -0.2) is 9.78 Å². The summed E-state index contributed by atoms with van der Waals surface area (Å²) in [5.41, 5.74) is -0.490. The first-order chi connectivity index (χ1) is 18.0. The molecule has 13 heteroatoms. The van der Waals surface area contributed by atoms with Crippen LogP contribution in [0.25, 0.3) is 11.3 Å². The summed E-state index contributed by atoms with van der Waals surface area (Å²) in [6.45, 7) is 3.45. The van der Waals surface area contributed by atoms with Gasteiger partial charge < -0.3 is 19.1 Å². The molecule has 3 aromatic heterocycles. The molecule has 1 N–H and O–H groups in total. The standard InChI is InChI=1S/C25H18Cl2F3N3O5/c1-12(2)22-15(21(33-38-22)20-16(26)4-3-5-17(20)27)11-36-19-7-6-18(23(32-19)25(28,29)30)37-14-8-13(24(34)35)9-31-10-14/h3-10,12H,11H2,1-2H3,(H,34,35). The molecule has 0 amide bonds. The minimum absolute atomic E-state index is 0.138. The number of hydrogen-bond donors (Lipinski definition) is 1. The molecular weight excluding hydrogens is 550 g/mol. The SMILES string of the molecule is CC(C)c1onc(-c2c(Cl)cccc2Cl)c1COc1ccc(Oc2cncc(C(=O)O)c2)c(C(F)(F)F)n1. The molecule has 0 saturated heterocycles. The van der Waals surface area contributed by atoms with Crippen LogP contribution in [-0.2, 0) is 12.8 Å². The predicted molar refractivity (Wildman–Crippen MR) is 131 cm³/mol. The molecule has 3 heterocycles. The smallest absolute Gasteiger partial charge is 0.437 e. The Morgan fingerprint density at radius 2 is 1.84 bits per heavy atom. The summed E-state index contributed by atoms with van der Waals surface area (Å²) >= 11 is 12.7. The lowest BCUT2D eigenvalue weighted by atomic mass is 10.0. The van der Waals surface area contributed by atoms with Crippen molar-refractivity contribution < 1.29 is 37.1 Å². The number of halogens is 5. The van der Waals surface area contributed by atoms with Crippen molar-refractivity contribution in [1.29, 1.82) is 0 Å². The number of ether oxygens (including phenoxy) is 2. The van der Waals surface area contributed by atoms with Gasteiger partial charge in [0.2, 0.25) is 5.88 Å². The summed E-state index contributed by atoms with van der Waals surface area (Å²) in [6, 6.07) is 8.14. The summed E-state index contributed by atoms with van der Waals surface area (Å²) < 4.78 is 57.9. The summed E-state index contributed by atoms with van der Waals surface area (Å²) in [5, 5.41) is 13.8. The van der Waals surface area contributed by atoms with Crippen molar-refractivity contribution in [2.45, 2.75) is 32.5 Å². The first-order valence-electron chi connectivity index (χ1n) is 11.0. The van der Waals surface area contributed by atoms with Crippen molar-refractivity contribution in [2.75, 3.05) is 0 Å². The average molecular weight is 568 g/mol. The van der Waals surface area contributed by atoms with E-state index in [0.29, 0.717) is 32.6 Å². The lowest BCUT2D eigenvalue weighted by Gasteiger charge is -2.15. The van der Waals surface area contributed by atoms with E-state index in [2.05, 4.69) is 15.1 Å². The Bertz CT molecular complexity index is 1470. The number of alkyl halides is 3. The molecule has 0 spiro atoms. The van der Waals surface area contributed by atoms with Crippen molar-refractivity contribution in [1.82, 2.24) is 15.1 Å². The van der Waals surface area contributed by atoms with E-state index in [9.17, 15) is 18.0 Å². The third kappa shape index (κ3) is 5.84. The first kappa shape index (κ1) is 27.2. The van der Waals surface area contributed by atoms with Gasteiger partial charge in [-0.1, -0.05) is 48.3 Å². The number of hydrogen-bond acceptors (Lipinski definition) is 7. The number of rotatable bonds is 8. The Morgan fingerprint density at radius 3 is 2.47 bits per heavy atom. The highest BCUT2D eigenvalue weighted by Crippen LogP contribution is 2.40. The third-order valence-corrected chi connectivity index (χ3v) is 5.83. The molecule has 0 aliphatic carbocycles. The molecule has 0 unspecified atom stereocenters. The van der Waals surface area contributed by atoms with Crippen LogP contribution in [0.4, 0.5) is 13.2 Å². The first-order valence-corrected chi connectivity index (χ1v) is 11.7. The van der Waals surface area contributed by atoms with Gasteiger partial charge in [0.1, 0.15) is 23.8 Å². The number of aromatic nitrogens is 3. The third-order valence-electron chi connectivity index (χ3n) is 5.20. The number of pyridine rings is 2. The second-order valence-electron chi connectivity index (χ2n) is 8.22. The monoisotopic (exact) mass is 567 g/mol. The van der Waals surface area contributed by atoms with Gasteiger partial charge in [-0.15, -0.1) is 0 Å². The number of carboxylic acids is 1. The normalized spacial score (nSPS) is 11.6. The van der Waals surface area contributed by atoms with Gasteiger partial charge in [-0.05, 0) is 24.3 Å². The molecule has 0 aliphatic rings. The minimum Gasteiger partial charge on any atom is -0.478 e. The Balaban J connectivity index is 1.66. The Hall–Kier alpha value is -3.83. The number of nitrogens with zero attached hydrogens (tertiary/aromatic N) is 3. The van der Waals surface area contributed by atoms with E-state index in [0.717, 1.165) is 24.5 Å².